The fraction of sp³-hybridized carbons (Fsp3) is 0. The summed E-state index contributed by atoms with van der Waals surface area (Å²) in [6.07, 6.45) is 2.77. The van der Waals surface area contributed by atoms with E-state index in [1.807, 2.05) is 0 Å². The molecule has 0 aliphatic carbocycles. The van der Waals surface area contributed by atoms with Crippen molar-refractivity contribution in [3.8, 4) is 0 Å². The first kappa shape index (κ1) is 21.6. The van der Waals surface area contributed by atoms with Crippen LogP contribution in [0.2, 0.25) is 15.1 Å². The van der Waals surface area contributed by atoms with E-state index in [0.717, 1.165) is 6.07 Å². The Morgan fingerprint density at radius 2 is 1.31 bits per heavy atom. The zero-order valence-electron chi connectivity index (χ0n) is 14.2. The van der Waals surface area contributed by atoms with Crippen molar-refractivity contribution in [2.45, 2.75) is 9.79 Å². The van der Waals surface area contributed by atoms with Gasteiger partial charge < -0.3 is 0 Å². The van der Waals surface area contributed by atoms with Crippen molar-refractivity contribution >= 4 is 66.5 Å². The molecule has 0 spiro atoms. The number of anilines is 2. The number of nitrogens with one attached hydrogen (secondary N) is 2. The fourth-order valence-corrected chi connectivity index (χ4v) is 5.17. The topological polar surface area (TPSA) is 118 Å². The van der Waals surface area contributed by atoms with Crippen LogP contribution in [0.25, 0.3) is 0 Å². The van der Waals surface area contributed by atoms with E-state index in [1.54, 1.807) is 6.07 Å². The molecule has 152 valence electrons. The largest absolute Gasteiger partial charge is 0.280 e. The lowest BCUT2D eigenvalue weighted by molar-refractivity contribution is 0.599. The lowest BCUT2D eigenvalue weighted by Crippen LogP contribution is -2.16. The summed E-state index contributed by atoms with van der Waals surface area (Å²) in [6, 6.07) is 8.88. The van der Waals surface area contributed by atoms with E-state index < -0.39 is 20.0 Å². The van der Waals surface area contributed by atoms with Crippen LogP contribution in [0.15, 0.2) is 64.6 Å². The van der Waals surface area contributed by atoms with E-state index in [0.29, 0.717) is 0 Å². The molecule has 0 bridgehead atoms. The van der Waals surface area contributed by atoms with Crippen LogP contribution in [-0.2, 0) is 20.0 Å². The number of sulfonamides is 2. The van der Waals surface area contributed by atoms with E-state index in [-0.39, 0.29) is 36.5 Å². The van der Waals surface area contributed by atoms with Crippen molar-refractivity contribution in [2.24, 2.45) is 0 Å². The quantitative estimate of drug-likeness (QED) is 0.500. The van der Waals surface area contributed by atoms with Crippen LogP contribution in [0.5, 0.6) is 0 Å². The Kier molecular flexibility index (Phi) is 6.20. The lowest BCUT2D eigenvalue weighted by Gasteiger charge is -2.11. The highest BCUT2D eigenvalue weighted by atomic mass is 35.5. The Balaban J connectivity index is 1.83. The summed E-state index contributed by atoms with van der Waals surface area (Å²) >= 11 is 17.6. The van der Waals surface area contributed by atoms with Crippen LogP contribution >= 0.6 is 34.8 Å². The molecule has 0 atom stereocenters. The summed E-state index contributed by atoms with van der Waals surface area (Å²) in [6.45, 7) is 0. The number of hydrogen-bond donors (Lipinski definition) is 2. The van der Waals surface area contributed by atoms with Gasteiger partial charge in [-0.05, 0) is 42.5 Å². The Morgan fingerprint density at radius 3 is 1.93 bits per heavy atom. The monoisotopic (exact) mass is 492 g/mol. The van der Waals surface area contributed by atoms with Crippen molar-refractivity contribution in [3.05, 3.63) is 69.9 Å². The molecule has 0 amide bonds. The molecule has 29 heavy (non-hydrogen) atoms. The molecule has 3 rings (SSSR count). The summed E-state index contributed by atoms with van der Waals surface area (Å²) in [7, 11) is -8.04. The Bertz CT molecular complexity index is 1250. The average Bonchev–Trinajstić information content (AvgIpc) is 2.65. The van der Waals surface area contributed by atoms with Crippen molar-refractivity contribution in [1.29, 1.82) is 0 Å². The molecule has 2 N–H and O–H groups in total. The third-order valence-corrected chi connectivity index (χ3v) is 7.38. The smallest absolute Gasteiger partial charge is 0.264 e. The molecule has 1 aromatic heterocycles. The van der Waals surface area contributed by atoms with Gasteiger partial charge in [-0.1, -0.05) is 34.8 Å². The normalized spacial score (nSPS) is 11.8. The summed E-state index contributed by atoms with van der Waals surface area (Å²) in [5.74, 6) is -0.0912. The van der Waals surface area contributed by atoms with Gasteiger partial charge in [-0.3, -0.25) is 4.72 Å². The highest BCUT2D eigenvalue weighted by Crippen LogP contribution is 2.32. The minimum atomic E-state index is -4.09. The van der Waals surface area contributed by atoms with E-state index in [2.05, 4.69) is 19.4 Å². The van der Waals surface area contributed by atoms with Gasteiger partial charge in [-0.2, -0.15) is 0 Å². The number of halogens is 3. The van der Waals surface area contributed by atoms with Crippen molar-refractivity contribution < 1.29 is 16.8 Å². The molecule has 13 heteroatoms. The Hall–Kier alpha value is -2.11. The summed E-state index contributed by atoms with van der Waals surface area (Å²) in [5, 5.41) is 0.0188. The molecule has 0 unspecified atom stereocenters. The first-order chi connectivity index (χ1) is 13.6. The highest BCUT2D eigenvalue weighted by molar-refractivity contribution is 7.93. The first-order valence-electron chi connectivity index (χ1n) is 7.66. The molecule has 0 radical (unpaired) electrons. The van der Waals surface area contributed by atoms with E-state index in [4.69, 9.17) is 34.8 Å². The molecular weight excluding hydrogens is 483 g/mol. The third kappa shape index (κ3) is 5.09. The lowest BCUT2D eigenvalue weighted by atomic mass is 10.3. The average molecular weight is 494 g/mol. The van der Waals surface area contributed by atoms with Gasteiger partial charge in [-0.25, -0.2) is 31.5 Å². The zero-order valence-corrected chi connectivity index (χ0v) is 18.1. The van der Waals surface area contributed by atoms with Gasteiger partial charge in [-0.15, -0.1) is 0 Å². The molecule has 3 aromatic rings. The van der Waals surface area contributed by atoms with Gasteiger partial charge in [0.15, 0.2) is 0 Å². The first-order valence-corrected chi connectivity index (χ1v) is 11.8. The SMILES string of the molecule is O=S(=O)(Nc1ncccn1)c1ccc(NS(=O)(=O)c2cc(Cl)c(Cl)cc2Cl)cc1. The summed E-state index contributed by atoms with van der Waals surface area (Å²) in [4.78, 5) is 7.19. The minimum Gasteiger partial charge on any atom is -0.280 e. The second-order valence-corrected chi connectivity index (χ2v) is 10.1. The molecule has 8 nitrogen and oxygen atoms in total. The maximum atomic E-state index is 12.6. The molecule has 0 saturated heterocycles. The molecule has 0 aliphatic rings. The zero-order chi connectivity index (χ0) is 21.2. The molecular formula is C16H11Cl3N4O4S2. The Labute approximate surface area is 182 Å². The van der Waals surface area contributed by atoms with Gasteiger partial charge in [0, 0.05) is 18.1 Å². The molecule has 0 saturated carbocycles. The number of hydrogen-bond acceptors (Lipinski definition) is 6. The molecule has 2 aromatic carbocycles. The standard InChI is InChI=1S/C16H11Cl3N4O4S2/c17-12-8-14(19)15(9-13(12)18)29(26,27)22-10-2-4-11(5-3-10)28(24,25)23-16-20-6-1-7-21-16/h1-9,22H,(H,20,21,23). The second kappa shape index (κ2) is 8.33. The van der Waals surface area contributed by atoms with Gasteiger partial charge in [0.2, 0.25) is 5.95 Å². The predicted octanol–water partition coefficient (Wildman–Crippen LogP) is 4.04. The van der Waals surface area contributed by atoms with Crippen LogP contribution in [0.4, 0.5) is 11.6 Å². The third-order valence-electron chi connectivity index (χ3n) is 3.47. The molecule has 1 heterocycles. The minimum absolute atomic E-state index is 0.0205. The van der Waals surface area contributed by atoms with Crippen molar-refractivity contribution in [1.82, 2.24) is 9.97 Å². The second-order valence-electron chi connectivity index (χ2n) is 5.50. The predicted molar refractivity (Wildman–Crippen MR) is 112 cm³/mol. The van der Waals surface area contributed by atoms with Crippen LogP contribution < -0.4 is 9.44 Å². The van der Waals surface area contributed by atoms with Crippen LogP contribution in [0.3, 0.4) is 0 Å². The maximum absolute atomic E-state index is 12.6. The van der Waals surface area contributed by atoms with Crippen LogP contribution in [-0.4, -0.2) is 26.8 Å². The molecule has 0 fully saturated rings. The van der Waals surface area contributed by atoms with Crippen LogP contribution in [0, 0.1) is 0 Å². The number of rotatable bonds is 6. The summed E-state index contributed by atoms with van der Waals surface area (Å²) in [5.41, 5.74) is 0.113. The van der Waals surface area contributed by atoms with Crippen LogP contribution in [0.1, 0.15) is 0 Å². The summed E-state index contributed by atoms with van der Waals surface area (Å²) < 4.78 is 54.4. The van der Waals surface area contributed by atoms with Gasteiger partial charge in [0.25, 0.3) is 20.0 Å². The highest BCUT2D eigenvalue weighted by Gasteiger charge is 2.21. The van der Waals surface area contributed by atoms with Crippen molar-refractivity contribution in [2.75, 3.05) is 9.44 Å². The fourth-order valence-electron chi connectivity index (χ4n) is 2.15. The van der Waals surface area contributed by atoms with E-state index >= 15 is 0 Å². The van der Waals surface area contributed by atoms with Gasteiger partial charge in [0.05, 0.1) is 20.0 Å². The number of nitrogens with zero attached hydrogens (tertiary/aromatic N) is 2. The maximum Gasteiger partial charge on any atom is 0.264 e. The van der Waals surface area contributed by atoms with E-state index in [9.17, 15) is 16.8 Å². The number of benzene rings is 2. The molecule has 0 aliphatic heterocycles. The Morgan fingerprint density at radius 1 is 0.724 bits per heavy atom. The van der Waals surface area contributed by atoms with E-state index in [1.165, 1.54) is 42.7 Å². The van der Waals surface area contributed by atoms with Gasteiger partial charge in [0.1, 0.15) is 4.90 Å². The van der Waals surface area contributed by atoms with Gasteiger partial charge >= 0.3 is 0 Å². The number of aromatic nitrogens is 2. The van der Waals surface area contributed by atoms with Crippen molar-refractivity contribution in [3.63, 3.8) is 0 Å².